The summed E-state index contributed by atoms with van der Waals surface area (Å²) < 4.78 is 0. The molecule has 7 heteroatoms. The lowest BCUT2D eigenvalue weighted by Crippen LogP contribution is -2.39. The lowest BCUT2D eigenvalue weighted by atomic mass is 9.93. The van der Waals surface area contributed by atoms with Crippen molar-refractivity contribution in [3.05, 3.63) is 21.9 Å². The number of carbonyl (C=O) groups is 1. The average molecular weight is 382 g/mol. The molecule has 0 aliphatic carbocycles. The molecule has 1 aliphatic rings. The first-order valence-corrected chi connectivity index (χ1v) is 8.64. The number of halogens is 2. The van der Waals surface area contributed by atoms with Crippen LogP contribution < -0.4 is 5.32 Å². The first-order valence-electron chi connectivity index (χ1n) is 7.76. The molecule has 0 aromatic carbocycles. The monoisotopic (exact) mass is 381 g/mol. The summed E-state index contributed by atoms with van der Waals surface area (Å²) in [6.07, 6.45) is 3.51. The Morgan fingerprint density at radius 2 is 2.00 bits per heavy atom. The molecule has 1 N–H and O–H groups in total. The van der Waals surface area contributed by atoms with E-state index in [4.69, 9.17) is 0 Å². The number of carbonyl (C=O) groups excluding carboxylic acids is 1. The van der Waals surface area contributed by atoms with Crippen LogP contribution in [-0.4, -0.2) is 56.5 Å². The van der Waals surface area contributed by atoms with Gasteiger partial charge in [-0.05, 0) is 69.9 Å². The fourth-order valence-electron chi connectivity index (χ4n) is 2.91. The maximum absolute atomic E-state index is 12.7. The molecule has 23 heavy (non-hydrogen) atoms. The van der Waals surface area contributed by atoms with Crippen LogP contribution in [0, 0.1) is 5.92 Å². The molecule has 2 heterocycles. The smallest absolute Gasteiger partial charge is 0.264 e. The molecule has 1 fully saturated rings. The van der Waals surface area contributed by atoms with Gasteiger partial charge in [0.2, 0.25) is 0 Å². The Morgan fingerprint density at radius 3 is 2.57 bits per heavy atom. The maximum atomic E-state index is 12.7. The van der Waals surface area contributed by atoms with E-state index in [1.165, 1.54) is 6.42 Å². The van der Waals surface area contributed by atoms with Crippen LogP contribution in [0.3, 0.4) is 0 Å². The second kappa shape index (κ2) is 11.3. The highest BCUT2D eigenvalue weighted by Gasteiger charge is 2.25. The van der Waals surface area contributed by atoms with E-state index < -0.39 is 0 Å². The fourth-order valence-corrected chi connectivity index (χ4v) is 3.79. The number of nitrogens with one attached hydrogen (secondary N) is 1. The SMILES string of the molecule is CNCCC1CCN(C(=O)c2sccc2CN(C)C)CC1.Cl.Cl. The molecule has 2 rings (SSSR count). The van der Waals surface area contributed by atoms with Crippen molar-refractivity contribution in [1.29, 1.82) is 0 Å². The summed E-state index contributed by atoms with van der Waals surface area (Å²) >= 11 is 1.58. The van der Waals surface area contributed by atoms with Gasteiger partial charge in [-0.3, -0.25) is 4.79 Å². The lowest BCUT2D eigenvalue weighted by molar-refractivity contribution is 0.0690. The topological polar surface area (TPSA) is 35.6 Å². The minimum absolute atomic E-state index is 0. The Kier molecular flexibility index (Phi) is 11.1. The highest BCUT2D eigenvalue weighted by molar-refractivity contribution is 7.12. The van der Waals surface area contributed by atoms with Crippen molar-refractivity contribution in [3.63, 3.8) is 0 Å². The van der Waals surface area contributed by atoms with Crippen molar-refractivity contribution in [1.82, 2.24) is 15.1 Å². The molecule has 0 bridgehead atoms. The zero-order chi connectivity index (χ0) is 15.2. The first kappa shape index (κ1) is 22.7. The van der Waals surface area contributed by atoms with E-state index in [1.807, 2.05) is 31.4 Å². The van der Waals surface area contributed by atoms with Gasteiger partial charge >= 0.3 is 0 Å². The van der Waals surface area contributed by atoms with E-state index in [0.717, 1.165) is 55.4 Å². The number of nitrogens with zero attached hydrogens (tertiary/aromatic N) is 2. The second-order valence-electron chi connectivity index (χ2n) is 6.14. The van der Waals surface area contributed by atoms with Crippen molar-refractivity contribution in [2.45, 2.75) is 25.8 Å². The van der Waals surface area contributed by atoms with E-state index in [9.17, 15) is 4.79 Å². The Bertz CT molecular complexity index is 460. The summed E-state index contributed by atoms with van der Waals surface area (Å²) in [7, 11) is 6.08. The number of amides is 1. The molecule has 134 valence electrons. The number of hydrogen-bond donors (Lipinski definition) is 1. The number of likely N-dealkylation sites (tertiary alicyclic amines) is 1. The largest absolute Gasteiger partial charge is 0.338 e. The van der Waals surface area contributed by atoms with Gasteiger partial charge in [0, 0.05) is 19.6 Å². The Morgan fingerprint density at radius 1 is 1.35 bits per heavy atom. The third kappa shape index (κ3) is 6.59. The van der Waals surface area contributed by atoms with Gasteiger partial charge in [-0.2, -0.15) is 0 Å². The number of rotatable bonds is 6. The zero-order valence-electron chi connectivity index (χ0n) is 14.2. The van der Waals surface area contributed by atoms with Crippen LogP contribution in [0.1, 0.15) is 34.5 Å². The molecule has 1 aromatic rings. The zero-order valence-corrected chi connectivity index (χ0v) is 16.7. The maximum Gasteiger partial charge on any atom is 0.264 e. The number of thiophene rings is 1. The van der Waals surface area contributed by atoms with Crippen LogP contribution in [0.2, 0.25) is 0 Å². The molecule has 1 amide bonds. The Hall–Kier alpha value is -0.330. The van der Waals surface area contributed by atoms with E-state index >= 15 is 0 Å². The van der Waals surface area contributed by atoms with Gasteiger partial charge in [-0.15, -0.1) is 36.2 Å². The average Bonchev–Trinajstić information content (AvgIpc) is 2.92. The van der Waals surface area contributed by atoms with Gasteiger partial charge in [0.05, 0.1) is 4.88 Å². The molecular formula is C16H29Cl2N3OS. The van der Waals surface area contributed by atoms with Gasteiger partial charge < -0.3 is 15.1 Å². The number of piperidine rings is 1. The molecule has 1 saturated heterocycles. The van der Waals surface area contributed by atoms with Crippen LogP contribution in [-0.2, 0) is 6.54 Å². The Balaban J connectivity index is 0.00000242. The predicted octanol–water partition coefficient (Wildman–Crippen LogP) is 3.12. The van der Waals surface area contributed by atoms with Gasteiger partial charge in [0.1, 0.15) is 0 Å². The van der Waals surface area contributed by atoms with Crippen molar-refractivity contribution in [2.75, 3.05) is 40.8 Å². The van der Waals surface area contributed by atoms with Crippen LogP contribution in [0.5, 0.6) is 0 Å². The summed E-state index contributed by atoms with van der Waals surface area (Å²) in [5, 5.41) is 5.25. The van der Waals surface area contributed by atoms with Crippen molar-refractivity contribution in [3.8, 4) is 0 Å². The predicted molar refractivity (Wildman–Crippen MR) is 103 cm³/mol. The van der Waals surface area contributed by atoms with Crippen molar-refractivity contribution >= 4 is 42.1 Å². The number of hydrogen-bond acceptors (Lipinski definition) is 4. The molecule has 1 aromatic heterocycles. The second-order valence-corrected chi connectivity index (χ2v) is 7.06. The van der Waals surface area contributed by atoms with E-state index in [1.54, 1.807) is 11.3 Å². The minimum atomic E-state index is 0. The van der Waals surface area contributed by atoms with Gasteiger partial charge in [-0.1, -0.05) is 0 Å². The lowest BCUT2D eigenvalue weighted by Gasteiger charge is -2.32. The molecular weight excluding hydrogens is 353 g/mol. The van der Waals surface area contributed by atoms with Crippen LogP contribution in [0.25, 0.3) is 0 Å². The highest BCUT2D eigenvalue weighted by Crippen LogP contribution is 2.25. The Labute approximate surface area is 156 Å². The van der Waals surface area contributed by atoms with Gasteiger partial charge in [0.15, 0.2) is 0 Å². The van der Waals surface area contributed by atoms with Crippen molar-refractivity contribution in [2.24, 2.45) is 5.92 Å². The summed E-state index contributed by atoms with van der Waals surface area (Å²) in [5.74, 6) is 1.000. The molecule has 0 spiro atoms. The van der Waals surface area contributed by atoms with Gasteiger partial charge in [-0.25, -0.2) is 0 Å². The molecule has 0 atom stereocenters. The van der Waals surface area contributed by atoms with E-state index in [2.05, 4.69) is 16.3 Å². The molecule has 0 radical (unpaired) electrons. The summed E-state index contributed by atoms with van der Waals surface area (Å²) in [4.78, 5) is 17.8. The van der Waals surface area contributed by atoms with E-state index in [0.29, 0.717) is 0 Å². The quantitative estimate of drug-likeness (QED) is 0.821. The summed E-state index contributed by atoms with van der Waals surface area (Å²) in [6, 6.07) is 2.08. The van der Waals surface area contributed by atoms with Crippen LogP contribution in [0.15, 0.2) is 11.4 Å². The fraction of sp³-hybridized carbons (Fsp3) is 0.688. The van der Waals surface area contributed by atoms with Crippen LogP contribution >= 0.6 is 36.2 Å². The van der Waals surface area contributed by atoms with Gasteiger partial charge in [0.25, 0.3) is 5.91 Å². The minimum Gasteiger partial charge on any atom is -0.338 e. The third-order valence-electron chi connectivity index (χ3n) is 4.13. The molecule has 0 unspecified atom stereocenters. The molecule has 1 aliphatic heterocycles. The third-order valence-corrected chi connectivity index (χ3v) is 5.08. The highest BCUT2D eigenvalue weighted by atomic mass is 35.5. The molecule has 4 nitrogen and oxygen atoms in total. The van der Waals surface area contributed by atoms with E-state index in [-0.39, 0.29) is 30.7 Å². The summed E-state index contributed by atoms with van der Waals surface area (Å²) in [5.41, 5.74) is 1.16. The molecule has 0 saturated carbocycles. The normalized spacial score (nSPS) is 15.2. The first-order chi connectivity index (χ1) is 10.1. The van der Waals surface area contributed by atoms with Crippen LogP contribution in [0.4, 0.5) is 0 Å². The summed E-state index contributed by atoms with van der Waals surface area (Å²) in [6.45, 7) is 3.73. The van der Waals surface area contributed by atoms with Crippen molar-refractivity contribution < 1.29 is 4.79 Å². The standard InChI is InChI=1S/C16H27N3OS.2ClH/c1-17-8-4-13-5-9-19(10-6-13)16(20)15-14(7-11-21-15)12-18(2)3;;/h7,11,13,17H,4-6,8-10,12H2,1-3H3;2*1H.